The summed E-state index contributed by atoms with van der Waals surface area (Å²) in [5, 5.41) is 3.63. The first-order valence-corrected chi connectivity index (χ1v) is 13.5. The van der Waals surface area contributed by atoms with Gasteiger partial charge in [0.15, 0.2) is 0 Å². The summed E-state index contributed by atoms with van der Waals surface area (Å²) in [6.45, 7) is 0. The van der Waals surface area contributed by atoms with Crippen molar-refractivity contribution in [2.24, 2.45) is 5.92 Å². The predicted molar refractivity (Wildman–Crippen MR) is 94.2 cm³/mol. The first-order chi connectivity index (χ1) is 8.92. The summed E-state index contributed by atoms with van der Waals surface area (Å²) in [7, 11) is 0. The van der Waals surface area contributed by atoms with Gasteiger partial charge in [-0.25, -0.2) is 0 Å². The number of thioether (sulfide) groups is 4. The molecule has 3 aliphatic rings. The zero-order valence-electron chi connectivity index (χ0n) is 10.7. The topological polar surface area (TPSA) is 0 Å². The van der Waals surface area contributed by atoms with E-state index in [1.807, 2.05) is 0 Å². The van der Waals surface area contributed by atoms with Crippen molar-refractivity contribution in [3.8, 4) is 0 Å². The van der Waals surface area contributed by atoms with E-state index in [4.69, 9.17) is 0 Å². The summed E-state index contributed by atoms with van der Waals surface area (Å²) in [5.41, 5.74) is 0. The summed E-state index contributed by atoms with van der Waals surface area (Å²) < 4.78 is 0. The summed E-state index contributed by atoms with van der Waals surface area (Å²) in [6, 6.07) is 0. The van der Waals surface area contributed by atoms with Crippen LogP contribution < -0.4 is 0 Å². The first-order valence-electron chi connectivity index (χ1n) is 6.92. The molecule has 0 N–H and O–H groups in total. The van der Waals surface area contributed by atoms with E-state index in [9.17, 15) is 0 Å². The predicted octanol–water partition coefficient (Wildman–Crippen LogP) is 4.00. The van der Waals surface area contributed by atoms with E-state index < -0.39 is 0 Å². The van der Waals surface area contributed by atoms with Crippen LogP contribution in [0, 0.1) is 5.92 Å². The van der Waals surface area contributed by atoms with Crippen LogP contribution in [0.4, 0.5) is 0 Å². The molecule has 0 nitrogen and oxygen atoms in total. The molecule has 0 aromatic heterocycles. The fourth-order valence-corrected chi connectivity index (χ4v) is 10.6. The van der Waals surface area contributed by atoms with Gasteiger partial charge in [0.05, 0.1) is 0 Å². The van der Waals surface area contributed by atoms with Gasteiger partial charge in [-0.2, -0.15) is 0 Å². The van der Waals surface area contributed by atoms with Gasteiger partial charge < -0.3 is 0 Å². The molecule has 3 saturated heterocycles. The second kappa shape index (κ2) is 7.79. The van der Waals surface area contributed by atoms with Crippen molar-refractivity contribution in [2.75, 3.05) is 34.5 Å². The summed E-state index contributed by atoms with van der Waals surface area (Å²) in [6.07, 6.45) is 3.07. The van der Waals surface area contributed by atoms with Gasteiger partial charge >= 0.3 is 136 Å². The third-order valence-corrected chi connectivity index (χ3v) is 12.1. The normalized spacial score (nSPS) is 38.7. The molecule has 5 heteroatoms. The molecule has 4 unspecified atom stereocenters. The Labute approximate surface area is 135 Å². The van der Waals surface area contributed by atoms with Gasteiger partial charge in [-0.1, -0.05) is 0 Å². The number of hydrogen-bond acceptors (Lipinski definition) is 4. The van der Waals surface area contributed by atoms with Crippen LogP contribution in [0.3, 0.4) is 0 Å². The van der Waals surface area contributed by atoms with Crippen molar-refractivity contribution in [3.05, 3.63) is 0 Å². The Morgan fingerprint density at radius 1 is 0.944 bits per heavy atom. The van der Waals surface area contributed by atoms with Crippen LogP contribution in [0.5, 0.6) is 0 Å². The molecule has 3 aliphatic heterocycles. The molecule has 3 rings (SSSR count). The number of hydrogen-bond donors (Lipinski definition) is 0. The molecular formula is C13H22S4Se. The Morgan fingerprint density at radius 3 is 2.28 bits per heavy atom. The summed E-state index contributed by atoms with van der Waals surface area (Å²) in [4.78, 5) is 1.11. The third-order valence-electron chi connectivity index (χ3n) is 3.60. The van der Waals surface area contributed by atoms with Gasteiger partial charge in [0.25, 0.3) is 0 Å². The molecular weight excluding hydrogens is 363 g/mol. The molecule has 0 spiro atoms. The second-order valence-electron chi connectivity index (χ2n) is 5.30. The maximum absolute atomic E-state index is 2.27. The average Bonchev–Trinajstić information content (AvgIpc) is 3.25. The van der Waals surface area contributed by atoms with Crippen LogP contribution in [-0.4, -0.2) is 60.0 Å². The Hall–Kier alpha value is 1.92. The monoisotopic (exact) mass is 386 g/mol. The van der Waals surface area contributed by atoms with Gasteiger partial charge in [-0.3, -0.25) is 0 Å². The van der Waals surface area contributed by atoms with E-state index in [0.29, 0.717) is 0 Å². The second-order valence-corrected chi connectivity index (χ2v) is 12.9. The zero-order valence-corrected chi connectivity index (χ0v) is 15.7. The van der Waals surface area contributed by atoms with E-state index in [0.717, 1.165) is 36.2 Å². The molecule has 0 aliphatic carbocycles. The summed E-state index contributed by atoms with van der Waals surface area (Å²) >= 11 is 9.80. The van der Waals surface area contributed by atoms with Gasteiger partial charge in [0, 0.05) is 0 Å². The third kappa shape index (κ3) is 5.37. The molecule has 0 saturated carbocycles. The van der Waals surface area contributed by atoms with Gasteiger partial charge in [-0.15, -0.1) is 0 Å². The average molecular weight is 386 g/mol. The van der Waals surface area contributed by atoms with Crippen LogP contribution in [-0.2, 0) is 0 Å². The fourth-order valence-electron chi connectivity index (χ4n) is 2.27. The van der Waals surface area contributed by atoms with Crippen LogP contribution in [0.2, 0.25) is 10.1 Å². The van der Waals surface area contributed by atoms with Crippen molar-refractivity contribution in [3.63, 3.8) is 0 Å². The van der Waals surface area contributed by atoms with Crippen LogP contribution in [0.15, 0.2) is 0 Å². The molecule has 18 heavy (non-hydrogen) atoms. The van der Waals surface area contributed by atoms with E-state index >= 15 is 0 Å². The van der Waals surface area contributed by atoms with E-state index in [1.54, 1.807) is 5.32 Å². The Kier molecular flexibility index (Phi) is 6.43. The molecule has 3 heterocycles. The van der Waals surface area contributed by atoms with Crippen molar-refractivity contribution in [1.29, 1.82) is 0 Å². The molecule has 0 amide bonds. The molecule has 0 aromatic rings. The zero-order chi connectivity index (χ0) is 12.2. The van der Waals surface area contributed by atoms with Crippen molar-refractivity contribution in [2.45, 2.75) is 33.5 Å². The van der Waals surface area contributed by atoms with Crippen LogP contribution in [0.1, 0.15) is 12.8 Å². The molecule has 0 aromatic carbocycles. The Bertz CT molecular complexity index is 229. The maximum atomic E-state index is 2.27. The SMILES string of the molecule is C1C[Se]C(CSCC2CS2)C(CSCC2CS2)C1. The van der Waals surface area contributed by atoms with E-state index in [2.05, 4.69) is 47.0 Å². The molecule has 3 fully saturated rings. The quantitative estimate of drug-likeness (QED) is 0.457. The van der Waals surface area contributed by atoms with Gasteiger partial charge in [-0.05, 0) is 0 Å². The molecule has 0 bridgehead atoms. The van der Waals surface area contributed by atoms with Crippen molar-refractivity contribution >= 4 is 62.0 Å². The minimum absolute atomic E-state index is 0.960. The minimum atomic E-state index is 0.960. The van der Waals surface area contributed by atoms with Crippen molar-refractivity contribution in [1.82, 2.24) is 0 Å². The van der Waals surface area contributed by atoms with E-state index in [-0.39, 0.29) is 0 Å². The molecule has 0 radical (unpaired) electrons. The van der Waals surface area contributed by atoms with Crippen LogP contribution >= 0.6 is 47.0 Å². The number of rotatable bonds is 8. The van der Waals surface area contributed by atoms with Crippen molar-refractivity contribution < 1.29 is 0 Å². The van der Waals surface area contributed by atoms with Crippen LogP contribution in [0.25, 0.3) is 0 Å². The molecule has 104 valence electrons. The molecule has 4 atom stereocenters. The summed E-state index contributed by atoms with van der Waals surface area (Å²) in [5.74, 6) is 9.80. The van der Waals surface area contributed by atoms with Gasteiger partial charge in [0.1, 0.15) is 0 Å². The standard InChI is InChI=1S/C13H22S4Se/c1-2-10(4-14-5-11-7-16-11)13(18-3-1)9-15-6-12-8-17-12/h10-13H,1-9H2. The Balaban J connectivity index is 1.33. The fraction of sp³-hybridized carbons (Fsp3) is 1.00. The van der Waals surface area contributed by atoms with Gasteiger partial charge in [0.2, 0.25) is 0 Å². The Morgan fingerprint density at radius 2 is 1.61 bits per heavy atom. The van der Waals surface area contributed by atoms with E-state index in [1.165, 1.54) is 47.4 Å². The first kappa shape index (κ1) is 14.8.